The summed E-state index contributed by atoms with van der Waals surface area (Å²) in [4.78, 5) is 34.2. The first-order chi connectivity index (χ1) is 21.2. The van der Waals surface area contributed by atoms with Crippen molar-refractivity contribution in [3.63, 3.8) is 0 Å². The number of amides is 3. The number of rotatable bonds is 7. The van der Waals surface area contributed by atoms with Gasteiger partial charge in [0.1, 0.15) is 5.75 Å². The third-order valence-electron chi connectivity index (χ3n) is 8.17. The van der Waals surface area contributed by atoms with Crippen molar-refractivity contribution in [2.45, 2.75) is 25.7 Å². The number of methoxy groups -OCH3 is 1. The van der Waals surface area contributed by atoms with Crippen LogP contribution in [0.25, 0.3) is 0 Å². The fourth-order valence-electron chi connectivity index (χ4n) is 5.57. The summed E-state index contributed by atoms with van der Waals surface area (Å²) in [5, 5.41) is 2.96. The second kappa shape index (κ2) is 14.1. The SMILES string of the molecule is COc1ccc(CN2CCCN(C(=O)Nc3ccc(C(=O)N4CCN(Cc5ccc(C(F)(F)F)cc5)CC4)cc3)CC2)cc1. The molecule has 0 unspecified atom stereocenters. The van der Waals surface area contributed by atoms with Gasteiger partial charge in [0.15, 0.2) is 0 Å². The average molecular weight is 610 g/mol. The molecule has 2 fully saturated rings. The fraction of sp³-hybridized carbons (Fsp3) is 0.394. The number of alkyl halides is 3. The van der Waals surface area contributed by atoms with Crippen molar-refractivity contribution in [3.8, 4) is 5.75 Å². The minimum atomic E-state index is -4.34. The Labute approximate surface area is 256 Å². The van der Waals surface area contributed by atoms with E-state index in [1.165, 1.54) is 17.7 Å². The van der Waals surface area contributed by atoms with Crippen LogP contribution < -0.4 is 10.1 Å². The molecule has 11 heteroatoms. The Morgan fingerprint density at radius 1 is 0.705 bits per heavy atom. The van der Waals surface area contributed by atoms with Crippen LogP contribution in [0.15, 0.2) is 72.8 Å². The highest BCUT2D eigenvalue weighted by Gasteiger charge is 2.30. The first-order valence-electron chi connectivity index (χ1n) is 14.9. The molecule has 8 nitrogen and oxygen atoms in total. The lowest BCUT2D eigenvalue weighted by atomic mass is 10.1. The smallest absolute Gasteiger partial charge is 0.416 e. The zero-order valence-corrected chi connectivity index (χ0v) is 24.9. The summed E-state index contributed by atoms with van der Waals surface area (Å²) in [5.41, 5.74) is 2.53. The average Bonchev–Trinajstić information content (AvgIpc) is 3.27. The Morgan fingerprint density at radius 3 is 1.82 bits per heavy atom. The van der Waals surface area contributed by atoms with Crippen LogP contribution in [-0.4, -0.2) is 91.0 Å². The fourth-order valence-corrected chi connectivity index (χ4v) is 5.57. The monoisotopic (exact) mass is 609 g/mol. The molecule has 0 aliphatic carbocycles. The van der Waals surface area contributed by atoms with E-state index in [2.05, 4.69) is 27.2 Å². The molecule has 0 aromatic heterocycles. The van der Waals surface area contributed by atoms with Gasteiger partial charge in [-0.25, -0.2) is 4.79 Å². The molecule has 0 saturated carbocycles. The highest BCUT2D eigenvalue weighted by molar-refractivity contribution is 5.95. The van der Waals surface area contributed by atoms with Gasteiger partial charge in [-0.3, -0.25) is 14.6 Å². The number of nitrogens with zero attached hydrogens (tertiary/aromatic N) is 4. The number of carbonyl (C=O) groups is 2. The van der Waals surface area contributed by atoms with Gasteiger partial charge in [0.05, 0.1) is 12.7 Å². The number of nitrogens with one attached hydrogen (secondary N) is 1. The van der Waals surface area contributed by atoms with Crippen LogP contribution in [0.4, 0.5) is 23.7 Å². The molecule has 2 aliphatic rings. The van der Waals surface area contributed by atoms with E-state index in [1.54, 1.807) is 36.3 Å². The maximum atomic E-state index is 13.1. The number of anilines is 1. The first kappa shape index (κ1) is 31.3. The van der Waals surface area contributed by atoms with Gasteiger partial charge in [-0.15, -0.1) is 0 Å². The third kappa shape index (κ3) is 8.29. The minimum Gasteiger partial charge on any atom is -0.497 e. The molecule has 3 aromatic carbocycles. The van der Waals surface area contributed by atoms with Gasteiger partial charge >= 0.3 is 12.2 Å². The lowest BCUT2D eigenvalue weighted by molar-refractivity contribution is -0.137. The van der Waals surface area contributed by atoms with Crippen LogP contribution in [-0.2, 0) is 19.3 Å². The van der Waals surface area contributed by atoms with Gasteiger partial charge in [-0.1, -0.05) is 24.3 Å². The third-order valence-corrected chi connectivity index (χ3v) is 8.17. The van der Waals surface area contributed by atoms with E-state index < -0.39 is 11.7 Å². The summed E-state index contributed by atoms with van der Waals surface area (Å²) in [6.45, 7) is 6.68. The topological polar surface area (TPSA) is 68.4 Å². The van der Waals surface area contributed by atoms with Gasteiger partial charge in [0.2, 0.25) is 0 Å². The highest BCUT2D eigenvalue weighted by Crippen LogP contribution is 2.29. The molecule has 2 heterocycles. The Balaban J connectivity index is 1.06. The number of ether oxygens (including phenoxy) is 1. The second-order valence-corrected chi connectivity index (χ2v) is 11.2. The minimum absolute atomic E-state index is 0.0819. The van der Waals surface area contributed by atoms with E-state index in [9.17, 15) is 22.8 Å². The normalized spacial score (nSPS) is 16.8. The lowest BCUT2D eigenvalue weighted by Crippen LogP contribution is -2.48. The Morgan fingerprint density at radius 2 is 1.25 bits per heavy atom. The van der Waals surface area contributed by atoms with Crippen molar-refractivity contribution in [1.29, 1.82) is 0 Å². The largest absolute Gasteiger partial charge is 0.497 e. The number of halogens is 3. The van der Waals surface area contributed by atoms with Crippen molar-refractivity contribution in [2.75, 3.05) is 64.8 Å². The second-order valence-electron chi connectivity index (χ2n) is 11.2. The summed E-state index contributed by atoms with van der Waals surface area (Å²) in [6.07, 6.45) is -3.46. The number of benzene rings is 3. The summed E-state index contributed by atoms with van der Waals surface area (Å²) in [7, 11) is 1.65. The molecule has 5 rings (SSSR count). The molecule has 234 valence electrons. The summed E-state index contributed by atoms with van der Waals surface area (Å²) in [6, 6.07) is 20.1. The van der Waals surface area contributed by atoms with Gasteiger partial charge in [0, 0.05) is 76.7 Å². The summed E-state index contributed by atoms with van der Waals surface area (Å²) in [5.74, 6) is 0.752. The molecular formula is C33H38F3N5O3. The van der Waals surface area contributed by atoms with E-state index in [4.69, 9.17) is 4.74 Å². The molecular weight excluding hydrogens is 571 g/mol. The number of carbonyl (C=O) groups excluding carboxylic acids is 2. The van der Waals surface area contributed by atoms with Crippen LogP contribution in [0, 0.1) is 0 Å². The Hall–Kier alpha value is -4.09. The van der Waals surface area contributed by atoms with Crippen LogP contribution in [0.2, 0.25) is 0 Å². The molecule has 2 aliphatic heterocycles. The lowest BCUT2D eigenvalue weighted by Gasteiger charge is -2.34. The van der Waals surface area contributed by atoms with E-state index in [1.807, 2.05) is 17.0 Å². The van der Waals surface area contributed by atoms with Gasteiger partial charge < -0.3 is 19.9 Å². The highest BCUT2D eigenvalue weighted by atomic mass is 19.4. The Bertz CT molecular complexity index is 1390. The molecule has 44 heavy (non-hydrogen) atoms. The van der Waals surface area contributed by atoms with Crippen LogP contribution in [0.5, 0.6) is 5.75 Å². The molecule has 0 radical (unpaired) electrons. The van der Waals surface area contributed by atoms with Crippen molar-refractivity contribution >= 4 is 17.6 Å². The maximum absolute atomic E-state index is 13.1. The zero-order valence-electron chi connectivity index (χ0n) is 24.9. The van der Waals surface area contributed by atoms with Gasteiger partial charge in [0.25, 0.3) is 5.91 Å². The summed E-state index contributed by atoms with van der Waals surface area (Å²) < 4.78 is 43.7. The van der Waals surface area contributed by atoms with Crippen molar-refractivity contribution in [1.82, 2.24) is 19.6 Å². The van der Waals surface area contributed by atoms with E-state index in [-0.39, 0.29) is 11.9 Å². The van der Waals surface area contributed by atoms with Crippen molar-refractivity contribution < 1.29 is 27.5 Å². The number of hydrogen-bond acceptors (Lipinski definition) is 5. The maximum Gasteiger partial charge on any atom is 0.416 e. The van der Waals surface area contributed by atoms with Crippen LogP contribution in [0.3, 0.4) is 0 Å². The molecule has 2 saturated heterocycles. The van der Waals surface area contributed by atoms with Crippen molar-refractivity contribution in [3.05, 3.63) is 95.1 Å². The van der Waals surface area contributed by atoms with Gasteiger partial charge in [-0.2, -0.15) is 13.2 Å². The van der Waals surface area contributed by atoms with E-state index in [0.717, 1.165) is 49.5 Å². The molecule has 3 aromatic rings. The molecule has 3 amide bonds. The van der Waals surface area contributed by atoms with Crippen LogP contribution in [0.1, 0.15) is 33.5 Å². The standard InChI is InChI=1S/C33H38F3N5O3/c1-44-30-13-5-26(6-14-30)23-38-15-2-16-41(22-19-38)32(43)37-29-11-7-27(8-12-29)31(42)40-20-17-39(18-21-40)24-25-3-9-28(10-4-25)33(34,35)36/h3-14H,2,15-24H2,1H3,(H,37,43). The molecule has 0 bridgehead atoms. The Kier molecular flexibility index (Phi) is 10.1. The van der Waals surface area contributed by atoms with E-state index >= 15 is 0 Å². The molecule has 0 spiro atoms. The number of urea groups is 1. The molecule has 0 atom stereocenters. The van der Waals surface area contributed by atoms with E-state index in [0.29, 0.717) is 57.1 Å². The van der Waals surface area contributed by atoms with Gasteiger partial charge in [-0.05, 0) is 66.1 Å². The summed E-state index contributed by atoms with van der Waals surface area (Å²) >= 11 is 0. The first-order valence-corrected chi connectivity index (χ1v) is 14.9. The predicted molar refractivity (Wildman–Crippen MR) is 163 cm³/mol. The number of hydrogen-bond donors (Lipinski definition) is 1. The number of piperazine rings is 1. The van der Waals surface area contributed by atoms with Crippen LogP contribution >= 0.6 is 0 Å². The van der Waals surface area contributed by atoms with Crippen molar-refractivity contribution in [2.24, 2.45) is 0 Å². The molecule has 1 N–H and O–H groups in total. The predicted octanol–water partition coefficient (Wildman–Crippen LogP) is 5.41. The quantitative estimate of drug-likeness (QED) is 0.388. The zero-order chi connectivity index (χ0) is 31.1.